The molecule has 0 radical (unpaired) electrons. The van der Waals surface area contributed by atoms with Gasteiger partial charge < -0.3 is 4.90 Å². The minimum Gasteiger partial charge on any atom is -0.339 e. The summed E-state index contributed by atoms with van der Waals surface area (Å²) in [6.07, 6.45) is -2.80. The number of anilines is 1. The highest BCUT2D eigenvalue weighted by Gasteiger charge is 2.47. The topological polar surface area (TPSA) is 52.8 Å². The van der Waals surface area contributed by atoms with E-state index in [-0.39, 0.29) is 24.7 Å². The average Bonchev–Trinajstić information content (AvgIpc) is 2.13. The van der Waals surface area contributed by atoms with Crippen molar-refractivity contribution in [3.05, 3.63) is 18.0 Å². The van der Waals surface area contributed by atoms with Crippen molar-refractivity contribution in [1.29, 1.82) is 5.26 Å². The lowest BCUT2D eigenvalue weighted by Crippen LogP contribution is -2.54. The van der Waals surface area contributed by atoms with Crippen LogP contribution in [0, 0.1) is 17.2 Å². The zero-order valence-electron chi connectivity index (χ0n) is 8.07. The fourth-order valence-corrected chi connectivity index (χ4v) is 1.41. The van der Waals surface area contributed by atoms with Crippen LogP contribution in [-0.4, -0.2) is 29.2 Å². The molecule has 2 rings (SSSR count). The van der Waals surface area contributed by atoms with E-state index in [0.717, 1.165) is 0 Å². The Morgan fingerprint density at radius 1 is 1.44 bits per heavy atom. The van der Waals surface area contributed by atoms with Crippen LogP contribution in [0.4, 0.5) is 19.1 Å². The maximum atomic E-state index is 12.2. The van der Waals surface area contributed by atoms with Crippen molar-refractivity contribution < 1.29 is 13.2 Å². The van der Waals surface area contributed by atoms with Gasteiger partial charge in [0.15, 0.2) is 0 Å². The number of nitriles is 1. The van der Waals surface area contributed by atoms with Gasteiger partial charge in [0, 0.05) is 19.3 Å². The van der Waals surface area contributed by atoms with Gasteiger partial charge in [-0.05, 0) is 6.07 Å². The maximum Gasteiger partial charge on any atom is 0.395 e. The van der Waals surface area contributed by atoms with Crippen molar-refractivity contribution in [3.63, 3.8) is 0 Å². The second kappa shape index (κ2) is 3.63. The Balaban J connectivity index is 2.05. The van der Waals surface area contributed by atoms with Gasteiger partial charge in [0.1, 0.15) is 11.8 Å². The molecule has 1 fully saturated rings. The quantitative estimate of drug-likeness (QED) is 0.728. The normalized spacial score (nSPS) is 16.8. The van der Waals surface area contributed by atoms with Crippen molar-refractivity contribution in [1.82, 2.24) is 9.97 Å². The zero-order chi connectivity index (χ0) is 11.8. The highest BCUT2D eigenvalue weighted by atomic mass is 19.4. The molecule has 7 heteroatoms. The highest BCUT2D eigenvalue weighted by Crippen LogP contribution is 2.34. The molecule has 1 aromatic heterocycles. The van der Waals surface area contributed by atoms with Gasteiger partial charge in [-0.1, -0.05) is 0 Å². The summed E-state index contributed by atoms with van der Waals surface area (Å²) < 4.78 is 36.6. The third kappa shape index (κ3) is 1.91. The Morgan fingerprint density at radius 3 is 2.69 bits per heavy atom. The van der Waals surface area contributed by atoms with Crippen molar-refractivity contribution in [2.45, 2.75) is 6.18 Å². The Labute approximate surface area is 89.3 Å². The molecule has 0 N–H and O–H groups in total. The lowest BCUT2D eigenvalue weighted by atomic mass is 10.0. The largest absolute Gasteiger partial charge is 0.395 e. The van der Waals surface area contributed by atoms with Crippen LogP contribution < -0.4 is 4.90 Å². The van der Waals surface area contributed by atoms with Crippen LogP contribution in [0.1, 0.15) is 5.69 Å². The predicted molar refractivity (Wildman–Crippen MR) is 48.5 cm³/mol. The molecule has 1 aliphatic heterocycles. The van der Waals surface area contributed by atoms with Crippen LogP contribution in [0.25, 0.3) is 0 Å². The van der Waals surface area contributed by atoms with E-state index in [1.807, 2.05) is 6.07 Å². The molecule has 0 aliphatic carbocycles. The number of alkyl halides is 3. The maximum absolute atomic E-state index is 12.2. The van der Waals surface area contributed by atoms with E-state index >= 15 is 0 Å². The third-order valence-corrected chi connectivity index (χ3v) is 2.38. The van der Waals surface area contributed by atoms with E-state index in [9.17, 15) is 13.2 Å². The Kier molecular flexibility index (Phi) is 2.42. The average molecular weight is 228 g/mol. The molecule has 0 bridgehead atoms. The van der Waals surface area contributed by atoms with Gasteiger partial charge in [-0.3, -0.25) is 0 Å². The standard InChI is InChI=1S/C9H7F3N4/c10-9(11,12)6-4-16(5-6)8-14-2-1-7(3-13)15-8/h1-2,6H,4-5H2. The van der Waals surface area contributed by atoms with E-state index in [1.165, 1.54) is 17.2 Å². The summed E-state index contributed by atoms with van der Waals surface area (Å²) in [6.45, 7) is -0.281. The summed E-state index contributed by atoms with van der Waals surface area (Å²) >= 11 is 0. The van der Waals surface area contributed by atoms with E-state index in [0.29, 0.717) is 0 Å². The number of rotatable bonds is 1. The second-order valence-electron chi connectivity index (χ2n) is 3.50. The van der Waals surface area contributed by atoms with Crippen LogP contribution in [0.15, 0.2) is 12.3 Å². The summed E-state index contributed by atoms with van der Waals surface area (Å²) in [5, 5.41) is 8.58. The van der Waals surface area contributed by atoms with Gasteiger partial charge in [-0.2, -0.15) is 18.4 Å². The molecule has 84 valence electrons. The first-order chi connectivity index (χ1) is 7.50. The van der Waals surface area contributed by atoms with E-state index in [4.69, 9.17) is 5.26 Å². The summed E-state index contributed by atoms with van der Waals surface area (Å²) in [5.41, 5.74) is 0.153. The molecule has 1 aliphatic rings. The van der Waals surface area contributed by atoms with Gasteiger partial charge >= 0.3 is 6.18 Å². The molecular formula is C9H7F3N4. The third-order valence-electron chi connectivity index (χ3n) is 2.38. The number of nitrogens with zero attached hydrogens (tertiary/aromatic N) is 4. The highest BCUT2D eigenvalue weighted by molar-refractivity contribution is 5.37. The smallest absolute Gasteiger partial charge is 0.339 e. The van der Waals surface area contributed by atoms with Gasteiger partial charge in [0.2, 0.25) is 5.95 Å². The Morgan fingerprint density at radius 2 is 2.12 bits per heavy atom. The van der Waals surface area contributed by atoms with Crippen molar-refractivity contribution in [2.24, 2.45) is 5.92 Å². The summed E-state index contributed by atoms with van der Waals surface area (Å²) in [5.74, 6) is -1.14. The molecule has 0 atom stereocenters. The lowest BCUT2D eigenvalue weighted by molar-refractivity contribution is -0.180. The summed E-state index contributed by atoms with van der Waals surface area (Å²) in [7, 11) is 0. The molecule has 16 heavy (non-hydrogen) atoms. The van der Waals surface area contributed by atoms with Gasteiger partial charge in [0.25, 0.3) is 0 Å². The monoisotopic (exact) mass is 228 g/mol. The van der Waals surface area contributed by atoms with Gasteiger partial charge in [-0.25, -0.2) is 9.97 Å². The predicted octanol–water partition coefficient (Wildman–Crippen LogP) is 1.35. The van der Waals surface area contributed by atoms with Crippen LogP contribution in [0.3, 0.4) is 0 Å². The molecule has 4 nitrogen and oxygen atoms in total. The zero-order valence-corrected chi connectivity index (χ0v) is 8.07. The molecule has 0 spiro atoms. The fourth-order valence-electron chi connectivity index (χ4n) is 1.41. The number of aromatic nitrogens is 2. The second-order valence-corrected chi connectivity index (χ2v) is 3.50. The molecule has 0 saturated carbocycles. The first-order valence-corrected chi connectivity index (χ1v) is 4.55. The van der Waals surface area contributed by atoms with Crippen molar-refractivity contribution in [3.8, 4) is 6.07 Å². The molecular weight excluding hydrogens is 221 g/mol. The van der Waals surface area contributed by atoms with E-state index in [1.54, 1.807) is 0 Å². The van der Waals surface area contributed by atoms with Gasteiger partial charge in [0.05, 0.1) is 5.92 Å². The van der Waals surface area contributed by atoms with Crippen LogP contribution in [-0.2, 0) is 0 Å². The van der Waals surface area contributed by atoms with Crippen LogP contribution >= 0.6 is 0 Å². The molecule has 1 aromatic rings. The number of hydrogen-bond donors (Lipinski definition) is 0. The molecule has 0 aromatic carbocycles. The molecule has 1 saturated heterocycles. The molecule has 2 heterocycles. The van der Waals surface area contributed by atoms with Crippen molar-refractivity contribution >= 4 is 5.95 Å². The summed E-state index contributed by atoms with van der Waals surface area (Å²) in [4.78, 5) is 9.04. The Hall–Kier alpha value is -1.84. The van der Waals surface area contributed by atoms with Crippen LogP contribution in [0.2, 0.25) is 0 Å². The first-order valence-electron chi connectivity index (χ1n) is 4.55. The SMILES string of the molecule is N#Cc1ccnc(N2CC(C(F)(F)F)C2)n1. The molecule has 0 amide bonds. The lowest BCUT2D eigenvalue weighted by Gasteiger charge is -2.39. The van der Waals surface area contributed by atoms with Crippen LogP contribution in [0.5, 0.6) is 0 Å². The summed E-state index contributed by atoms with van der Waals surface area (Å²) in [6, 6.07) is 3.22. The van der Waals surface area contributed by atoms with Gasteiger partial charge in [-0.15, -0.1) is 0 Å². The van der Waals surface area contributed by atoms with Crippen molar-refractivity contribution in [2.75, 3.05) is 18.0 Å². The first kappa shape index (κ1) is 10.7. The Bertz CT molecular complexity index is 431. The van der Waals surface area contributed by atoms with E-state index < -0.39 is 12.1 Å². The van der Waals surface area contributed by atoms with E-state index in [2.05, 4.69) is 9.97 Å². The number of hydrogen-bond acceptors (Lipinski definition) is 4. The minimum absolute atomic E-state index is 0.140. The minimum atomic E-state index is -4.16. The fraction of sp³-hybridized carbons (Fsp3) is 0.444. The number of halogens is 3. The molecule has 0 unspecified atom stereocenters.